The standard InChI is InChI=1S/C16H10BrN3O4/c17-11-3-7-14-18-16(10-1-4-12(5-2-10)20(23)24)13(19(14)9-11)6-8-15(21)22/h1-9H,(H,21,22)/b8-6+. The second-order valence-corrected chi connectivity index (χ2v) is 5.81. The smallest absolute Gasteiger partial charge is 0.328 e. The molecule has 0 saturated carbocycles. The van der Waals surface area contributed by atoms with Crippen molar-refractivity contribution in [3.05, 3.63) is 69.0 Å². The van der Waals surface area contributed by atoms with Crippen LogP contribution in [0.25, 0.3) is 23.0 Å². The minimum Gasteiger partial charge on any atom is -0.478 e. The number of non-ortho nitro benzene ring substituents is 1. The number of aliphatic carboxylic acids is 1. The molecule has 2 aromatic heterocycles. The maximum absolute atomic E-state index is 10.9. The van der Waals surface area contributed by atoms with Crippen molar-refractivity contribution in [2.24, 2.45) is 0 Å². The second kappa shape index (κ2) is 6.25. The highest BCUT2D eigenvalue weighted by Crippen LogP contribution is 2.28. The van der Waals surface area contributed by atoms with Gasteiger partial charge in [-0.25, -0.2) is 9.78 Å². The molecule has 0 amide bonds. The third kappa shape index (κ3) is 3.04. The molecule has 120 valence electrons. The van der Waals surface area contributed by atoms with Crippen molar-refractivity contribution in [1.29, 1.82) is 0 Å². The first-order valence-corrected chi connectivity index (χ1v) is 7.58. The molecule has 0 radical (unpaired) electrons. The van der Waals surface area contributed by atoms with Crippen LogP contribution in [0.1, 0.15) is 5.69 Å². The van der Waals surface area contributed by atoms with Gasteiger partial charge < -0.3 is 5.11 Å². The number of halogens is 1. The third-order valence-electron chi connectivity index (χ3n) is 3.35. The van der Waals surface area contributed by atoms with E-state index in [1.165, 1.54) is 18.2 Å². The molecule has 8 heteroatoms. The number of hydrogen-bond acceptors (Lipinski definition) is 4. The van der Waals surface area contributed by atoms with Crippen LogP contribution in [0.15, 0.2) is 53.1 Å². The van der Waals surface area contributed by atoms with Gasteiger partial charge in [0.15, 0.2) is 0 Å². The molecule has 0 bridgehead atoms. The number of rotatable bonds is 4. The summed E-state index contributed by atoms with van der Waals surface area (Å²) in [6.45, 7) is 0. The van der Waals surface area contributed by atoms with E-state index in [1.807, 2.05) is 6.07 Å². The minimum absolute atomic E-state index is 0.0205. The van der Waals surface area contributed by atoms with E-state index in [-0.39, 0.29) is 5.69 Å². The molecule has 0 aliphatic carbocycles. The second-order valence-electron chi connectivity index (χ2n) is 4.90. The summed E-state index contributed by atoms with van der Waals surface area (Å²) < 4.78 is 2.56. The van der Waals surface area contributed by atoms with Crippen LogP contribution in [0.4, 0.5) is 5.69 Å². The number of pyridine rings is 1. The first-order valence-electron chi connectivity index (χ1n) is 6.79. The summed E-state index contributed by atoms with van der Waals surface area (Å²) in [6, 6.07) is 9.57. The SMILES string of the molecule is O=C(O)/C=C/c1c(-c2ccc([N+](=O)[O-])cc2)nc2ccc(Br)cn12. The van der Waals surface area contributed by atoms with Gasteiger partial charge in [0.2, 0.25) is 0 Å². The molecule has 1 N–H and O–H groups in total. The van der Waals surface area contributed by atoms with Crippen LogP contribution < -0.4 is 0 Å². The van der Waals surface area contributed by atoms with E-state index in [2.05, 4.69) is 20.9 Å². The molecule has 7 nitrogen and oxygen atoms in total. The van der Waals surface area contributed by atoms with Crippen LogP contribution in [0.2, 0.25) is 0 Å². The zero-order chi connectivity index (χ0) is 17.3. The average molecular weight is 388 g/mol. The Hall–Kier alpha value is -3.00. The van der Waals surface area contributed by atoms with Gasteiger partial charge in [-0.1, -0.05) is 0 Å². The van der Waals surface area contributed by atoms with Crippen LogP contribution in [0, 0.1) is 10.1 Å². The summed E-state index contributed by atoms with van der Waals surface area (Å²) in [5, 5.41) is 19.7. The van der Waals surface area contributed by atoms with Gasteiger partial charge in [0.25, 0.3) is 5.69 Å². The van der Waals surface area contributed by atoms with Crippen LogP contribution in [-0.2, 0) is 4.79 Å². The van der Waals surface area contributed by atoms with Crippen LogP contribution in [0.5, 0.6) is 0 Å². The maximum Gasteiger partial charge on any atom is 0.328 e. The number of imidazole rings is 1. The van der Waals surface area contributed by atoms with E-state index in [0.717, 1.165) is 10.5 Å². The molecule has 24 heavy (non-hydrogen) atoms. The third-order valence-corrected chi connectivity index (χ3v) is 3.82. The number of carboxylic acid groups (broad SMARTS) is 1. The summed E-state index contributed by atoms with van der Waals surface area (Å²) in [5.41, 5.74) is 2.39. The Labute approximate surface area is 144 Å². The lowest BCUT2D eigenvalue weighted by Gasteiger charge is -2.01. The summed E-state index contributed by atoms with van der Waals surface area (Å²) in [6.07, 6.45) is 4.25. The first-order chi connectivity index (χ1) is 11.5. The minimum atomic E-state index is -1.07. The summed E-state index contributed by atoms with van der Waals surface area (Å²) in [7, 11) is 0. The fraction of sp³-hybridized carbons (Fsp3) is 0. The zero-order valence-corrected chi connectivity index (χ0v) is 13.7. The van der Waals surface area contributed by atoms with Crippen LogP contribution in [-0.4, -0.2) is 25.4 Å². The highest BCUT2D eigenvalue weighted by atomic mass is 79.9. The van der Waals surface area contributed by atoms with Crippen molar-refractivity contribution < 1.29 is 14.8 Å². The predicted octanol–water partition coefficient (Wildman–Crippen LogP) is 3.77. The molecule has 0 fully saturated rings. The molecule has 3 rings (SSSR count). The largest absolute Gasteiger partial charge is 0.478 e. The lowest BCUT2D eigenvalue weighted by molar-refractivity contribution is -0.384. The fourth-order valence-electron chi connectivity index (χ4n) is 2.30. The van der Waals surface area contributed by atoms with E-state index in [1.54, 1.807) is 28.8 Å². The van der Waals surface area contributed by atoms with Crippen molar-refractivity contribution in [1.82, 2.24) is 9.38 Å². The van der Waals surface area contributed by atoms with Gasteiger partial charge >= 0.3 is 5.97 Å². The average Bonchev–Trinajstić information content (AvgIpc) is 2.90. The summed E-state index contributed by atoms with van der Waals surface area (Å²) >= 11 is 3.37. The number of benzene rings is 1. The van der Waals surface area contributed by atoms with Gasteiger partial charge in [0, 0.05) is 34.4 Å². The van der Waals surface area contributed by atoms with Gasteiger partial charge in [0.05, 0.1) is 16.3 Å². The molecule has 1 aromatic carbocycles. The van der Waals surface area contributed by atoms with Gasteiger partial charge in [0.1, 0.15) is 5.65 Å². The molecule has 0 aliphatic rings. The van der Waals surface area contributed by atoms with Crippen molar-refractivity contribution in [3.8, 4) is 11.3 Å². The molecule has 3 aromatic rings. The van der Waals surface area contributed by atoms with Crippen LogP contribution >= 0.6 is 15.9 Å². The number of nitro benzene ring substituents is 1. The topological polar surface area (TPSA) is 97.7 Å². The van der Waals surface area contributed by atoms with Crippen molar-refractivity contribution in [3.63, 3.8) is 0 Å². The highest BCUT2D eigenvalue weighted by Gasteiger charge is 2.14. The van der Waals surface area contributed by atoms with Crippen molar-refractivity contribution in [2.45, 2.75) is 0 Å². The summed E-state index contributed by atoms with van der Waals surface area (Å²) in [5.74, 6) is -1.07. The lowest BCUT2D eigenvalue weighted by Crippen LogP contribution is -1.92. The summed E-state index contributed by atoms with van der Waals surface area (Å²) in [4.78, 5) is 25.7. The molecule has 0 spiro atoms. The highest BCUT2D eigenvalue weighted by molar-refractivity contribution is 9.10. The van der Waals surface area contributed by atoms with E-state index in [9.17, 15) is 14.9 Å². The van der Waals surface area contributed by atoms with Gasteiger partial charge in [-0.05, 0) is 46.3 Å². The zero-order valence-electron chi connectivity index (χ0n) is 12.1. The number of nitro groups is 1. The number of carbonyl (C=O) groups is 1. The van der Waals surface area contributed by atoms with Gasteiger partial charge in [-0.3, -0.25) is 14.5 Å². The molecule has 0 aliphatic heterocycles. The number of fused-ring (bicyclic) bond motifs is 1. The van der Waals surface area contributed by atoms with Crippen molar-refractivity contribution >= 4 is 39.3 Å². The molecule has 0 unspecified atom stereocenters. The maximum atomic E-state index is 10.9. The number of nitrogens with zero attached hydrogens (tertiary/aromatic N) is 3. The Morgan fingerprint density at radius 2 is 1.96 bits per heavy atom. The number of aromatic nitrogens is 2. The quantitative estimate of drug-likeness (QED) is 0.417. The van der Waals surface area contributed by atoms with E-state index >= 15 is 0 Å². The van der Waals surface area contributed by atoms with E-state index in [0.29, 0.717) is 22.6 Å². The molecule has 0 atom stereocenters. The Morgan fingerprint density at radius 3 is 2.58 bits per heavy atom. The molecular weight excluding hydrogens is 378 g/mol. The Balaban J connectivity index is 2.20. The van der Waals surface area contributed by atoms with Crippen molar-refractivity contribution in [2.75, 3.05) is 0 Å². The predicted molar refractivity (Wildman–Crippen MR) is 91.7 cm³/mol. The molecule has 0 saturated heterocycles. The van der Waals surface area contributed by atoms with E-state index < -0.39 is 10.9 Å². The monoisotopic (exact) mass is 387 g/mol. The Kier molecular flexibility index (Phi) is 4.13. The lowest BCUT2D eigenvalue weighted by atomic mass is 10.1. The van der Waals surface area contributed by atoms with Gasteiger partial charge in [-0.15, -0.1) is 0 Å². The fourth-order valence-corrected chi connectivity index (χ4v) is 2.64. The number of hydrogen-bond donors (Lipinski definition) is 1. The first kappa shape index (κ1) is 15.9. The van der Waals surface area contributed by atoms with Gasteiger partial charge in [-0.2, -0.15) is 0 Å². The number of carboxylic acids is 1. The van der Waals surface area contributed by atoms with Crippen LogP contribution in [0.3, 0.4) is 0 Å². The Bertz CT molecular complexity index is 977. The molecule has 2 heterocycles. The normalized spacial score (nSPS) is 11.2. The Morgan fingerprint density at radius 1 is 1.25 bits per heavy atom. The van der Waals surface area contributed by atoms with E-state index in [4.69, 9.17) is 5.11 Å². The molecular formula is C16H10BrN3O4.